The molecule has 0 atom stereocenters. The molecule has 7 heteroatoms. The van der Waals surface area contributed by atoms with Gasteiger partial charge in [0.05, 0.1) is 0 Å². The Morgan fingerprint density at radius 2 is 0.442 bits per heavy atom. The van der Waals surface area contributed by atoms with Crippen molar-refractivity contribution in [3.05, 3.63) is 0 Å². The van der Waals surface area contributed by atoms with Crippen LogP contribution in [0.15, 0.2) is 0 Å². The molecule has 0 rings (SSSR count). The average molecular weight is 844 g/mol. The normalized spacial score (nSPS) is 10.3. The summed E-state index contributed by atoms with van der Waals surface area (Å²) in [5.74, 6) is -2.73. The minimum absolute atomic E-state index is 0.231. The number of hydrogen-bond donors (Lipinski definition) is 0. The molecule has 0 bridgehead atoms. The molecule has 0 unspecified atom stereocenters. The van der Waals surface area contributed by atoms with Crippen LogP contribution in [-0.2, 0) is 14.4 Å². The van der Waals surface area contributed by atoms with Gasteiger partial charge in [-0.2, -0.15) is 0 Å². The number of rotatable bonds is 37. The molecule has 0 heterocycles. The van der Waals surface area contributed by atoms with E-state index in [4.69, 9.17) is 0 Å². The molecule has 0 saturated heterocycles. The molecule has 0 radical (unpaired) electrons. The number of hydrogen-bond acceptors (Lipinski definition) is 6. The average Bonchev–Trinajstić information content (AvgIpc) is 3.11. The monoisotopic (exact) mass is 845 g/mol. The molecular formula is C45H88O6Sn. The van der Waals surface area contributed by atoms with E-state index < -0.39 is 17.9 Å². The molecule has 0 aliphatic heterocycles. The molecule has 0 aromatic rings. The fourth-order valence-corrected chi connectivity index (χ4v) is 6.54. The first kappa shape index (κ1) is 57.9. The van der Waals surface area contributed by atoms with Gasteiger partial charge >= 0.3 is 98.1 Å². The fraction of sp³-hybridized carbons (Fsp3) is 0.933. The Labute approximate surface area is 338 Å². The van der Waals surface area contributed by atoms with Gasteiger partial charge in [0.25, 0.3) is 0 Å². The summed E-state index contributed by atoms with van der Waals surface area (Å²) in [6.07, 6.45) is 43.9. The van der Waals surface area contributed by atoms with Crippen molar-refractivity contribution in [1.82, 2.24) is 0 Å². The summed E-state index contributed by atoms with van der Waals surface area (Å²) in [5, 5.41) is 30.2. The van der Waals surface area contributed by atoms with E-state index in [0.717, 1.165) is 38.5 Å². The van der Waals surface area contributed by atoms with Gasteiger partial charge < -0.3 is 29.7 Å². The maximum atomic E-state index is 10.1. The Morgan fingerprint density at radius 1 is 0.288 bits per heavy atom. The standard InChI is InChI=1S/C12H25.3C11H22O2.Sn/c1-3-5-7-9-11-12-10-8-6-4-2;3*1-2-3-4-5-6-7-8-9-10-11(12)13;/h1,3-12H2,2H3;3*2-10H2,1H3,(H,12,13);/q;;;;+3/p-3. The van der Waals surface area contributed by atoms with Crippen LogP contribution in [0.25, 0.3) is 0 Å². The van der Waals surface area contributed by atoms with Crippen LogP contribution in [-0.4, -0.2) is 40.4 Å². The first-order valence-electron chi connectivity index (χ1n) is 22.5. The molecule has 0 N–H and O–H groups in total. The molecule has 0 spiro atoms. The predicted octanol–water partition coefficient (Wildman–Crippen LogP) is 11.3. The van der Waals surface area contributed by atoms with Crippen molar-refractivity contribution in [2.75, 3.05) is 0 Å². The van der Waals surface area contributed by atoms with E-state index in [1.54, 1.807) is 22.5 Å². The third-order valence-corrected chi connectivity index (χ3v) is 10.2. The van der Waals surface area contributed by atoms with E-state index in [0.29, 0.717) is 0 Å². The Morgan fingerprint density at radius 3 is 0.596 bits per heavy atom. The summed E-state index contributed by atoms with van der Waals surface area (Å²) in [6.45, 7) is 8.91. The van der Waals surface area contributed by atoms with Crippen LogP contribution in [0.3, 0.4) is 0 Å². The van der Waals surface area contributed by atoms with Crippen molar-refractivity contribution in [3.63, 3.8) is 0 Å². The van der Waals surface area contributed by atoms with Crippen molar-refractivity contribution in [1.29, 1.82) is 0 Å². The van der Waals surface area contributed by atoms with Gasteiger partial charge in [-0.3, -0.25) is 0 Å². The summed E-state index contributed by atoms with van der Waals surface area (Å²) in [4.78, 5) is 30.2. The van der Waals surface area contributed by atoms with E-state index in [1.165, 1.54) is 184 Å². The summed E-state index contributed by atoms with van der Waals surface area (Å²) in [6, 6.07) is 0. The number of aliphatic carboxylic acids is 3. The van der Waals surface area contributed by atoms with Gasteiger partial charge in [0, 0.05) is 17.9 Å². The quantitative estimate of drug-likeness (QED) is 0.0454. The number of carboxylic acids is 3. The van der Waals surface area contributed by atoms with Gasteiger partial charge in [0.1, 0.15) is 0 Å². The first-order chi connectivity index (χ1) is 25.2. The fourth-order valence-electron chi connectivity index (χ4n) is 5.82. The maximum absolute atomic E-state index is 10.1. The van der Waals surface area contributed by atoms with Crippen molar-refractivity contribution in [2.24, 2.45) is 0 Å². The molecule has 0 aliphatic carbocycles. The molecule has 52 heavy (non-hydrogen) atoms. The SMILES string of the molecule is CCCCCCCCCCC(=O)[O-].CCCCCCCCCCC(=O)[O-].CCCCCCCCCCC(=O)[O-].CCCCCCCCCCC[CH2][Sn+3]. The van der Waals surface area contributed by atoms with E-state index in [-0.39, 0.29) is 19.3 Å². The van der Waals surface area contributed by atoms with Crippen molar-refractivity contribution in [2.45, 2.75) is 270 Å². The molecule has 6 nitrogen and oxygen atoms in total. The van der Waals surface area contributed by atoms with Gasteiger partial charge in [0.2, 0.25) is 0 Å². The van der Waals surface area contributed by atoms with Crippen LogP contribution >= 0.6 is 0 Å². The zero-order valence-electron chi connectivity index (χ0n) is 35.3. The van der Waals surface area contributed by atoms with E-state index in [9.17, 15) is 29.7 Å². The van der Waals surface area contributed by atoms with Gasteiger partial charge in [0.15, 0.2) is 0 Å². The minimum atomic E-state index is -0.911. The molecule has 308 valence electrons. The Kier molecular flexibility index (Phi) is 63.4. The van der Waals surface area contributed by atoms with Crippen LogP contribution < -0.4 is 15.3 Å². The predicted molar refractivity (Wildman–Crippen MR) is 219 cm³/mol. The first-order valence-corrected chi connectivity index (χ1v) is 24.5. The van der Waals surface area contributed by atoms with Crippen molar-refractivity contribution < 1.29 is 29.7 Å². The van der Waals surface area contributed by atoms with Gasteiger partial charge in [-0.1, -0.05) is 156 Å². The zero-order chi connectivity index (χ0) is 39.6. The summed E-state index contributed by atoms with van der Waals surface area (Å²) in [7, 11) is 0. The Bertz CT molecular complexity index is 591. The van der Waals surface area contributed by atoms with Gasteiger partial charge in [-0.15, -0.1) is 0 Å². The second-order valence-electron chi connectivity index (χ2n) is 14.7. The summed E-state index contributed by atoms with van der Waals surface area (Å²) < 4.78 is 1.46. The summed E-state index contributed by atoms with van der Waals surface area (Å²) >= 11 is 1.72. The molecule has 0 aromatic heterocycles. The van der Waals surface area contributed by atoms with Crippen molar-refractivity contribution in [3.8, 4) is 0 Å². The number of carbonyl (C=O) groups excluding carboxylic acids is 3. The van der Waals surface area contributed by atoms with Crippen LogP contribution in [0.4, 0.5) is 0 Å². The third kappa shape index (κ3) is 74.4. The topological polar surface area (TPSA) is 120 Å². The van der Waals surface area contributed by atoms with Crippen LogP contribution in [0.1, 0.15) is 265 Å². The van der Waals surface area contributed by atoms with Crippen LogP contribution in [0.5, 0.6) is 0 Å². The molecule has 0 saturated carbocycles. The third-order valence-electron chi connectivity index (χ3n) is 9.23. The second kappa shape index (κ2) is 56.9. The number of unbranched alkanes of at least 4 members (excludes halogenated alkanes) is 30. The van der Waals surface area contributed by atoms with Gasteiger partial charge in [-0.05, 0) is 38.5 Å². The van der Waals surface area contributed by atoms with Crippen LogP contribution in [0, 0.1) is 0 Å². The van der Waals surface area contributed by atoms with E-state index >= 15 is 0 Å². The van der Waals surface area contributed by atoms with Crippen LogP contribution in [0.2, 0.25) is 4.44 Å². The Hall–Kier alpha value is -0.791. The number of carbonyl (C=O) groups is 3. The molecular weight excluding hydrogens is 755 g/mol. The molecule has 0 amide bonds. The zero-order valence-corrected chi connectivity index (χ0v) is 38.2. The number of carboxylic acid groups (broad SMARTS) is 3. The summed E-state index contributed by atoms with van der Waals surface area (Å²) in [5.41, 5.74) is 0. The molecule has 0 aliphatic rings. The molecule has 0 aromatic carbocycles. The molecule has 0 fully saturated rings. The van der Waals surface area contributed by atoms with Gasteiger partial charge in [-0.25, -0.2) is 0 Å². The second-order valence-corrected chi connectivity index (χ2v) is 16.1. The van der Waals surface area contributed by atoms with E-state index in [1.807, 2.05) is 0 Å². The van der Waals surface area contributed by atoms with Crippen molar-refractivity contribution >= 4 is 40.4 Å². The Balaban J connectivity index is -0.000000295. The van der Waals surface area contributed by atoms with E-state index in [2.05, 4.69) is 27.7 Å².